The van der Waals surface area contributed by atoms with Crippen LogP contribution in [-0.4, -0.2) is 0 Å². The Morgan fingerprint density at radius 3 is 2.21 bits per heavy atom. The van der Waals surface area contributed by atoms with Crippen LogP contribution in [0.15, 0.2) is 46.7 Å². The molecule has 19 heavy (non-hydrogen) atoms. The Hall–Kier alpha value is -1.12. The second-order valence-corrected chi connectivity index (χ2v) is 7.77. The van der Waals surface area contributed by atoms with Gasteiger partial charge < -0.3 is 0 Å². The predicted molar refractivity (Wildman–Crippen MR) is 85.1 cm³/mol. The van der Waals surface area contributed by atoms with Gasteiger partial charge in [-0.3, -0.25) is 0 Å². The van der Waals surface area contributed by atoms with Crippen molar-refractivity contribution in [3.63, 3.8) is 0 Å². The van der Waals surface area contributed by atoms with Crippen molar-refractivity contribution >= 4 is 22.7 Å². The van der Waals surface area contributed by atoms with E-state index in [1.165, 1.54) is 11.1 Å². The molecule has 0 amide bonds. The lowest BCUT2D eigenvalue weighted by Crippen LogP contribution is -2.22. The van der Waals surface area contributed by atoms with E-state index >= 15 is 0 Å². The molecule has 2 aromatic rings. The maximum atomic E-state index is 2.41. The van der Waals surface area contributed by atoms with Crippen LogP contribution >= 0.6 is 22.7 Å². The average molecular weight is 284 g/mol. The minimum absolute atomic E-state index is 0.208. The highest BCUT2D eigenvalue weighted by Gasteiger charge is 2.43. The Bertz CT molecular complexity index is 654. The van der Waals surface area contributed by atoms with E-state index in [1.54, 1.807) is 15.3 Å². The maximum absolute atomic E-state index is 2.41. The molecule has 96 valence electrons. The predicted octanol–water partition coefficient (Wildman–Crippen LogP) is 5.83. The first-order chi connectivity index (χ1) is 9.19. The number of thiophene rings is 2. The van der Waals surface area contributed by atoms with Gasteiger partial charge in [0.25, 0.3) is 0 Å². The smallest absolute Gasteiger partial charge is 0.0378 e. The normalized spacial score (nSPS) is 17.7. The van der Waals surface area contributed by atoms with E-state index in [4.69, 9.17) is 0 Å². The maximum Gasteiger partial charge on any atom is 0.0378 e. The molecule has 0 unspecified atom stereocenters. The Kier molecular flexibility index (Phi) is 2.42. The van der Waals surface area contributed by atoms with Gasteiger partial charge in [0, 0.05) is 15.7 Å². The van der Waals surface area contributed by atoms with Crippen molar-refractivity contribution in [3.8, 4) is 11.1 Å². The third kappa shape index (κ3) is 1.50. The fraction of sp³-hybridized carbons (Fsp3) is 0.294. The highest BCUT2D eigenvalue weighted by atomic mass is 32.1. The van der Waals surface area contributed by atoms with Gasteiger partial charge in [0.05, 0.1) is 0 Å². The summed E-state index contributed by atoms with van der Waals surface area (Å²) in [5.41, 5.74) is 4.73. The second kappa shape index (κ2) is 3.94. The number of hydrogen-bond donors (Lipinski definition) is 0. The van der Waals surface area contributed by atoms with E-state index < -0.39 is 0 Å². The van der Waals surface area contributed by atoms with Crippen LogP contribution in [0.1, 0.15) is 35.9 Å². The molecule has 0 fully saturated rings. The highest BCUT2D eigenvalue weighted by molar-refractivity contribution is 7.13. The van der Waals surface area contributed by atoms with Crippen molar-refractivity contribution in [2.45, 2.75) is 26.2 Å². The lowest BCUT2D eigenvalue weighted by molar-refractivity contribution is 0.396. The minimum atomic E-state index is 0.208. The summed E-state index contributed by atoms with van der Waals surface area (Å²) >= 11 is 3.85. The number of fused-ring (bicyclic) bond motifs is 3. The van der Waals surface area contributed by atoms with Gasteiger partial charge in [-0.2, -0.15) is 0 Å². The third-order valence-corrected chi connectivity index (χ3v) is 6.49. The van der Waals surface area contributed by atoms with Crippen LogP contribution in [-0.2, 0) is 0 Å². The number of allylic oxidation sites excluding steroid dienone is 4. The summed E-state index contributed by atoms with van der Waals surface area (Å²) in [7, 11) is 0. The molecule has 0 bridgehead atoms. The molecule has 0 nitrogen and oxygen atoms in total. The average Bonchev–Trinajstić information content (AvgIpc) is 3.12. The summed E-state index contributed by atoms with van der Waals surface area (Å²) < 4.78 is 0. The summed E-state index contributed by atoms with van der Waals surface area (Å²) in [6.45, 7) is 4.82. The molecular weight excluding hydrogens is 268 g/mol. The molecule has 0 saturated carbocycles. The van der Waals surface area contributed by atoms with E-state index in [0.29, 0.717) is 5.92 Å². The lowest BCUT2D eigenvalue weighted by Gasteiger charge is -2.33. The second-order valence-electron chi connectivity index (χ2n) is 5.88. The van der Waals surface area contributed by atoms with Gasteiger partial charge in [-0.15, -0.1) is 22.7 Å². The van der Waals surface area contributed by atoms with Crippen LogP contribution in [0, 0.1) is 5.41 Å². The van der Waals surface area contributed by atoms with Crippen molar-refractivity contribution in [3.05, 3.63) is 56.4 Å². The summed E-state index contributed by atoms with van der Waals surface area (Å²) in [5, 5.41) is 4.49. The van der Waals surface area contributed by atoms with Crippen molar-refractivity contribution in [2.75, 3.05) is 0 Å². The van der Waals surface area contributed by atoms with Gasteiger partial charge >= 0.3 is 0 Å². The summed E-state index contributed by atoms with van der Waals surface area (Å²) in [6, 6.07) is 4.59. The van der Waals surface area contributed by atoms with Gasteiger partial charge in [0.15, 0.2) is 0 Å². The molecule has 0 N–H and O–H groups in total. The van der Waals surface area contributed by atoms with Crippen LogP contribution in [0.3, 0.4) is 0 Å². The standard InChI is InChI=1S/C17H16S2/c1-17(2,11-5-3-4-6-11)14-15-12(7-9-18-15)13-8-10-19-16(13)14/h3-5,7-10,14H,6H2,1-2H3. The van der Waals surface area contributed by atoms with Crippen LogP contribution < -0.4 is 0 Å². The molecule has 0 aromatic carbocycles. The van der Waals surface area contributed by atoms with E-state index in [2.05, 4.69) is 55.0 Å². The van der Waals surface area contributed by atoms with Crippen LogP contribution in [0.2, 0.25) is 0 Å². The van der Waals surface area contributed by atoms with Crippen molar-refractivity contribution in [1.82, 2.24) is 0 Å². The van der Waals surface area contributed by atoms with Gasteiger partial charge in [0.1, 0.15) is 0 Å². The number of hydrogen-bond acceptors (Lipinski definition) is 2. The lowest BCUT2D eigenvalue weighted by atomic mass is 9.72. The molecule has 4 rings (SSSR count). The Morgan fingerprint density at radius 2 is 1.68 bits per heavy atom. The summed E-state index contributed by atoms with van der Waals surface area (Å²) in [5.74, 6) is 0.545. The fourth-order valence-electron chi connectivity index (χ4n) is 3.42. The van der Waals surface area contributed by atoms with Gasteiger partial charge in [-0.05, 0) is 45.9 Å². The number of rotatable bonds is 2. The van der Waals surface area contributed by atoms with Crippen LogP contribution in [0.25, 0.3) is 11.1 Å². The molecule has 0 radical (unpaired) electrons. The molecule has 2 aliphatic rings. The monoisotopic (exact) mass is 284 g/mol. The molecule has 2 aliphatic carbocycles. The van der Waals surface area contributed by atoms with E-state index in [0.717, 1.165) is 6.42 Å². The van der Waals surface area contributed by atoms with Gasteiger partial charge in [-0.25, -0.2) is 0 Å². The van der Waals surface area contributed by atoms with Gasteiger partial charge in [0.2, 0.25) is 0 Å². The summed E-state index contributed by atoms with van der Waals surface area (Å²) in [4.78, 5) is 3.14. The Balaban J connectivity index is 1.89. The molecule has 0 spiro atoms. The zero-order chi connectivity index (χ0) is 13.0. The third-order valence-electron chi connectivity index (χ3n) is 4.53. The molecule has 0 saturated heterocycles. The van der Waals surface area contributed by atoms with Crippen molar-refractivity contribution in [1.29, 1.82) is 0 Å². The first kappa shape index (κ1) is 11.7. The first-order valence-corrected chi connectivity index (χ1v) is 8.47. The van der Waals surface area contributed by atoms with E-state index in [1.807, 2.05) is 22.7 Å². The largest absolute Gasteiger partial charge is 0.148 e. The SMILES string of the molecule is CC(C)(C1=CC=CC1)C1c2sccc2-c2ccsc21. The summed E-state index contributed by atoms with van der Waals surface area (Å²) in [6.07, 6.45) is 7.91. The molecular formula is C17H16S2. The zero-order valence-corrected chi connectivity index (χ0v) is 12.8. The molecule has 2 heterocycles. The van der Waals surface area contributed by atoms with E-state index in [-0.39, 0.29) is 5.41 Å². The Labute approximate surface area is 122 Å². The Morgan fingerprint density at radius 1 is 1.05 bits per heavy atom. The molecule has 0 aliphatic heterocycles. The van der Waals surface area contributed by atoms with Crippen molar-refractivity contribution < 1.29 is 0 Å². The van der Waals surface area contributed by atoms with Crippen molar-refractivity contribution in [2.24, 2.45) is 5.41 Å². The minimum Gasteiger partial charge on any atom is -0.148 e. The molecule has 2 aromatic heterocycles. The topological polar surface area (TPSA) is 0 Å². The first-order valence-electron chi connectivity index (χ1n) is 6.71. The van der Waals surface area contributed by atoms with Crippen LogP contribution in [0.5, 0.6) is 0 Å². The van der Waals surface area contributed by atoms with E-state index in [9.17, 15) is 0 Å². The van der Waals surface area contributed by atoms with Crippen LogP contribution in [0.4, 0.5) is 0 Å². The quantitative estimate of drug-likeness (QED) is 0.650. The fourth-order valence-corrected chi connectivity index (χ4v) is 5.90. The van der Waals surface area contributed by atoms with Gasteiger partial charge in [-0.1, -0.05) is 37.6 Å². The highest BCUT2D eigenvalue weighted by Crippen LogP contribution is 2.59. The molecule has 2 heteroatoms. The zero-order valence-electron chi connectivity index (χ0n) is 11.1. The molecule has 0 atom stereocenters.